The number of carboxylic acids is 1. The highest BCUT2D eigenvalue weighted by atomic mass is 19.4. The first-order chi connectivity index (χ1) is 7.74. The summed E-state index contributed by atoms with van der Waals surface area (Å²) in [5, 5.41) is 8.73. The Labute approximate surface area is 93.0 Å². The molecule has 94 valence electrons. The second kappa shape index (κ2) is 4.45. The molecule has 0 aliphatic carbocycles. The van der Waals surface area contributed by atoms with Crippen molar-refractivity contribution in [1.29, 1.82) is 0 Å². The zero-order valence-corrected chi connectivity index (χ0v) is 8.28. The zero-order chi connectivity index (χ0) is 13.2. The van der Waals surface area contributed by atoms with Crippen LogP contribution < -0.4 is 16.2 Å². The number of carboxylic acid groups (broad SMARTS) is 1. The van der Waals surface area contributed by atoms with E-state index in [2.05, 4.69) is 9.72 Å². The number of aromatic carboxylic acids is 1. The lowest BCUT2D eigenvalue weighted by atomic mass is 10.1. The van der Waals surface area contributed by atoms with Gasteiger partial charge < -0.3 is 21.3 Å². The summed E-state index contributed by atoms with van der Waals surface area (Å²) in [7, 11) is 0. The van der Waals surface area contributed by atoms with Gasteiger partial charge in [-0.15, -0.1) is 13.2 Å². The molecule has 5 N–H and O–H groups in total. The maximum atomic E-state index is 12.1. The molecule has 0 aliphatic rings. The summed E-state index contributed by atoms with van der Waals surface area (Å²) in [5.41, 5.74) is 9.31. The highest BCUT2D eigenvalue weighted by Gasteiger charge is 2.33. The van der Waals surface area contributed by atoms with Crippen molar-refractivity contribution < 1.29 is 27.8 Å². The average Bonchev–Trinajstić information content (AvgIpc) is 2.14. The molecule has 1 aromatic rings. The summed E-state index contributed by atoms with van der Waals surface area (Å²) in [5.74, 6) is -2.70. The summed E-state index contributed by atoms with van der Waals surface area (Å²) in [6.45, 7) is -0.472. The highest BCUT2D eigenvalue weighted by molar-refractivity contribution is 5.88. The van der Waals surface area contributed by atoms with Crippen LogP contribution in [0.15, 0.2) is 6.07 Å². The van der Waals surface area contributed by atoms with Gasteiger partial charge in [-0.1, -0.05) is 0 Å². The largest absolute Gasteiger partial charge is 0.573 e. The first-order valence-electron chi connectivity index (χ1n) is 4.23. The number of nitrogens with zero attached hydrogens (tertiary/aromatic N) is 1. The number of ether oxygens (including phenoxy) is 1. The summed E-state index contributed by atoms with van der Waals surface area (Å²) < 4.78 is 39.8. The monoisotopic (exact) mass is 251 g/mol. The molecule has 9 heteroatoms. The van der Waals surface area contributed by atoms with Crippen LogP contribution in [0.3, 0.4) is 0 Å². The smallest absolute Gasteiger partial charge is 0.476 e. The molecule has 6 nitrogen and oxygen atoms in total. The van der Waals surface area contributed by atoms with Crippen molar-refractivity contribution in [3.63, 3.8) is 0 Å². The summed E-state index contributed by atoms with van der Waals surface area (Å²) >= 11 is 0. The van der Waals surface area contributed by atoms with Gasteiger partial charge in [0.05, 0.1) is 0 Å². The lowest BCUT2D eigenvalue weighted by Crippen LogP contribution is -2.21. The molecule has 0 saturated heterocycles. The van der Waals surface area contributed by atoms with E-state index in [9.17, 15) is 18.0 Å². The molecule has 1 rings (SSSR count). The molecule has 0 saturated carbocycles. The van der Waals surface area contributed by atoms with E-state index in [4.69, 9.17) is 16.6 Å². The van der Waals surface area contributed by atoms with Crippen LogP contribution in [-0.2, 0) is 6.54 Å². The number of halogens is 3. The normalized spacial score (nSPS) is 11.3. The number of carbonyl (C=O) groups is 1. The van der Waals surface area contributed by atoms with Gasteiger partial charge in [0, 0.05) is 18.2 Å². The van der Waals surface area contributed by atoms with Gasteiger partial charge in [-0.05, 0) is 0 Å². The SMILES string of the molecule is NCc1c(OC(F)(F)F)cc(N)nc1C(=O)O. The fraction of sp³-hybridized carbons (Fsp3) is 0.250. The number of aromatic nitrogens is 1. The van der Waals surface area contributed by atoms with Gasteiger partial charge in [0.1, 0.15) is 11.6 Å². The molecule has 0 unspecified atom stereocenters. The van der Waals surface area contributed by atoms with Gasteiger partial charge in [-0.2, -0.15) is 0 Å². The minimum Gasteiger partial charge on any atom is -0.476 e. The van der Waals surface area contributed by atoms with Crippen molar-refractivity contribution in [1.82, 2.24) is 4.98 Å². The van der Waals surface area contributed by atoms with Gasteiger partial charge in [-0.25, -0.2) is 9.78 Å². The zero-order valence-electron chi connectivity index (χ0n) is 8.28. The van der Waals surface area contributed by atoms with Gasteiger partial charge >= 0.3 is 12.3 Å². The number of hydrogen-bond donors (Lipinski definition) is 3. The first kappa shape index (κ1) is 13.0. The summed E-state index contributed by atoms with van der Waals surface area (Å²) in [6.07, 6.45) is -4.96. The van der Waals surface area contributed by atoms with E-state index >= 15 is 0 Å². The Morgan fingerprint density at radius 2 is 2.12 bits per heavy atom. The Morgan fingerprint density at radius 1 is 1.53 bits per heavy atom. The van der Waals surface area contributed by atoms with Crippen LogP contribution in [0, 0.1) is 0 Å². The molecule has 0 amide bonds. The van der Waals surface area contributed by atoms with Crippen LogP contribution >= 0.6 is 0 Å². The number of anilines is 1. The number of hydrogen-bond acceptors (Lipinski definition) is 5. The van der Waals surface area contributed by atoms with E-state index in [1.807, 2.05) is 0 Å². The van der Waals surface area contributed by atoms with Gasteiger partial charge in [0.15, 0.2) is 5.69 Å². The molecule has 0 radical (unpaired) electrons. The van der Waals surface area contributed by atoms with Crippen molar-refractivity contribution in [2.24, 2.45) is 5.73 Å². The second-order valence-electron chi connectivity index (χ2n) is 2.93. The molecule has 0 spiro atoms. The van der Waals surface area contributed by atoms with E-state index in [1.54, 1.807) is 0 Å². The molecule has 0 fully saturated rings. The van der Waals surface area contributed by atoms with Crippen LogP contribution in [0.5, 0.6) is 5.75 Å². The lowest BCUT2D eigenvalue weighted by molar-refractivity contribution is -0.274. The molecule has 1 heterocycles. The van der Waals surface area contributed by atoms with E-state index < -0.39 is 36.1 Å². The number of nitrogens with two attached hydrogens (primary N) is 2. The summed E-state index contributed by atoms with van der Waals surface area (Å²) in [6, 6.07) is 0.766. The maximum Gasteiger partial charge on any atom is 0.573 e. The van der Waals surface area contributed by atoms with Crippen molar-refractivity contribution >= 4 is 11.8 Å². The Hall–Kier alpha value is -2.03. The predicted octanol–water partition coefficient (Wildman–Crippen LogP) is 0.719. The van der Waals surface area contributed by atoms with Crippen molar-refractivity contribution in [3.05, 3.63) is 17.3 Å². The fourth-order valence-electron chi connectivity index (χ4n) is 1.16. The average molecular weight is 251 g/mol. The van der Waals surface area contributed by atoms with Crippen LogP contribution in [0.25, 0.3) is 0 Å². The van der Waals surface area contributed by atoms with Crippen LogP contribution in [0.1, 0.15) is 16.1 Å². The molecule has 1 aromatic heterocycles. The van der Waals surface area contributed by atoms with Crippen LogP contribution in [0.2, 0.25) is 0 Å². The molecular formula is C8H8F3N3O3. The van der Waals surface area contributed by atoms with Crippen molar-refractivity contribution in [2.75, 3.05) is 5.73 Å². The van der Waals surface area contributed by atoms with Gasteiger partial charge in [0.25, 0.3) is 0 Å². The molecule has 0 atom stereocenters. The Balaban J connectivity index is 3.33. The molecule has 0 aliphatic heterocycles. The minimum atomic E-state index is -4.96. The van der Waals surface area contributed by atoms with E-state index in [1.165, 1.54) is 0 Å². The number of rotatable bonds is 3. The maximum absolute atomic E-state index is 12.1. The minimum absolute atomic E-state index is 0.371. The highest BCUT2D eigenvalue weighted by Crippen LogP contribution is 2.29. The quantitative estimate of drug-likeness (QED) is 0.729. The van der Waals surface area contributed by atoms with Crippen LogP contribution in [-0.4, -0.2) is 22.4 Å². The fourth-order valence-corrected chi connectivity index (χ4v) is 1.16. The Morgan fingerprint density at radius 3 is 2.53 bits per heavy atom. The van der Waals surface area contributed by atoms with Crippen molar-refractivity contribution in [2.45, 2.75) is 12.9 Å². The predicted molar refractivity (Wildman–Crippen MR) is 50.2 cm³/mol. The first-order valence-corrected chi connectivity index (χ1v) is 4.23. The van der Waals surface area contributed by atoms with Gasteiger partial charge in [-0.3, -0.25) is 0 Å². The Kier molecular flexibility index (Phi) is 3.42. The third-order valence-electron chi connectivity index (χ3n) is 1.74. The third-order valence-corrected chi connectivity index (χ3v) is 1.74. The molecule has 17 heavy (non-hydrogen) atoms. The standard InChI is InChI=1S/C8H8F3N3O3/c9-8(10,11)17-4-1-5(13)14-6(7(15)16)3(4)2-12/h1H,2,12H2,(H2,13,14)(H,15,16). The molecule has 0 bridgehead atoms. The topological polar surface area (TPSA) is 111 Å². The summed E-state index contributed by atoms with van der Waals surface area (Å²) in [4.78, 5) is 14.1. The van der Waals surface area contributed by atoms with E-state index in [0.29, 0.717) is 0 Å². The number of alkyl halides is 3. The van der Waals surface area contributed by atoms with E-state index in [0.717, 1.165) is 6.07 Å². The molecule has 0 aromatic carbocycles. The number of pyridine rings is 1. The molecular weight excluding hydrogens is 243 g/mol. The van der Waals surface area contributed by atoms with Gasteiger partial charge in [0.2, 0.25) is 0 Å². The Bertz CT molecular complexity index is 448. The number of nitrogen functional groups attached to an aromatic ring is 1. The van der Waals surface area contributed by atoms with Crippen molar-refractivity contribution in [3.8, 4) is 5.75 Å². The van der Waals surface area contributed by atoms with E-state index in [-0.39, 0.29) is 5.56 Å². The lowest BCUT2D eigenvalue weighted by Gasteiger charge is -2.14. The second-order valence-corrected chi connectivity index (χ2v) is 2.93. The van der Waals surface area contributed by atoms with Crippen LogP contribution in [0.4, 0.5) is 19.0 Å². The third kappa shape index (κ3) is 3.21.